The van der Waals surface area contributed by atoms with Gasteiger partial charge in [-0.05, 0) is 92.9 Å². The van der Waals surface area contributed by atoms with E-state index in [1.54, 1.807) is 0 Å². The molecule has 2 atom stereocenters. The maximum atomic E-state index is 12.8. The predicted octanol–water partition coefficient (Wildman–Crippen LogP) is 5.59. The Hall–Kier alpha value is -2.92. The Kier molecular flexibility index (Phi) is 7.56. The molecule has 2 unspecified atom stereocenters. The molecule has 0 spiro atoms. The number of Topliss-reactive ketones (excluding diaryl/α,β-unsaturated/α-hetero) is 1. The van der Waals surface area contributed by atoms with Gasteiger partial charge in [0.1, 0.15) is 18.1 Å². The second kappa shape index (κ2) is 11.0. The number of anilines is 1. The molecule has 1 N–H and O–H groups in total. The van der Waals surface area contributed by atoms with E-state index in [0.717, 1.165) is 54.8 Å². The summed E-state index contributed by atoms with van der Waals surface area (Å²) in [5.41, 5.74) is 3.83. The first-order valence-corrected chi connectivity index (χ1v) is 13.5. The van der Waals surface area contributed by atoms with E-state index in [9.17, 15) is 9.59 Å². The lowest BCUT2D eigenvalue weighted by Gasteiger charge is -2.27. The second-order valence-electron chi connectivity index (χ2n) is 10.9. The van der Waals surface area contributed by atoms with Crippen molar-refractivity contribution in [3.8, 4) is 5.75 Å². The van der Waals surface area contributed by atoms with Crippen molar-refractivity contribution < 1.29 is 14.3 Å². The summed E-state index contributed by atoms with van der Waals surface area (Å²) in [5.74, 6) is 1.61. The first-order chi connectivity index (χ1) is 17.5. The number of fused-ring (bicyclic) bond motifs is 1. The summed E-state index contributed by atoms with van der Waals surface area (Å²) in [6, 6.07) is 15.8. The van der Waals surface area contributed by atoms with Gasteiger partial charge in [0.2, 0.25) is 5.91 Å². The van der Waals surface area contributed by atoms with Crippen LogP contribution in [-0.4, -0.2) is 42.8 Å². The average molecular weight is 487 g/mol. The van der Waals surface area contributed by atoms with Gasteiger partial charge in [0.05, 0.1) is 6.42 Å². The number of carbonyl (C=O) groups is 2. The third kappa shape index (κ3) is 5.73. The van der Waals surface area contributed by atoms with Crippen molar-refractivity contribution in [3.05, 3.63) is 71.8 Å². The van der Waals surface area contributed by atoms with Crippen LogP contribution in [0.5, 0.6) is 5.75 Å². The van der Waals surface area contributed by atoms with Crippen molar-refractivity contribution in [3.63, 3.8) is 0 Å². The van der Waals surface area contributed by atoms with Crippen LogP contribution in [0.4, 0.5) is 5.69 Å². The number of likely N-dealkylation sites (tertiary alicyclic amines) is 1. The molecule has 0 aromatic heterocycles. The average Bonchev–Trinajstić information content (AvgIpc) is 3.34. The molecular weight excluding hydrogens is 448 g/mol. The highest BCUT2D eigenvalue weighted by Gasteiger charge is 2.53. The molecule has 1 heterocycles. The molecule has 1 saturated heterocycles. The number of carbonyl (C=O) groups excluding carboxylic acids is 2. The molecule has 0 radical (unpaired) electrons. The topological polar surface area (TPSA) is 58.6 Å². The summed E-state index contributed by atoms with van der Waals surface area (Å²) in [6.07, 6.45) is 8.49. The molecule has 2 aromatic carbocycles. The number of hydrogen-bond acceptors (Lipinski definition) is 4. The summed E-state index contributed by atoms with van der Waals surface area (Å²) in [7, 11) is 0. The normalized spacial score (nSPS) is 24.1. The van der Waals surface area contributed by atoms with Crippen LogP contribution in [0.2, 0.25) is 0 Å². The van der Waals surface area contributed by atoms with Gasteiger partial charge in [0, 0.05) is 24.1 Å². The van der Waals surface area contributed by atoms with E-state index in [4.69, 9.17) is 4.74 Å². The Balaban J connectivity index is 1.12. The van der Waals surface area contributed by atoms with E-state index >= 15 is 0 Å². The highest BCUT2D eigenvalue weighted by Crippen LogP contribution is 2.55. The SMILES string of the molecule is C=C1CC2CCC(=O)C2(Cc2ccc(NC(=O)Cc3cccc(OCCN4CCCCC4)c3)cc2)C1. The molecule has 36 heavy (non-hydrogen) atoms. The van der Waals surface area contributed by atoms with Gasteiger partial charge in [-0.25, -0.2) is 0 Å². The lowest BCUT2D eigenvalue weighted by molar-refractivity contribution is -0.126. The Morgan fingerprint density at radius 3 is 2.69 bits per heavy atom. The van der Waals surface area contributed by atoms with Gasteiger partial charge in [0.25, 0.3) is 0 Å². The fraction of sp³-hybridized carbons (Fsp3) is 0.484. The fourth-order valence-electron chi connectivity index (χ4n) is 6.45. The molecule has 190 valence electrons. The van der Waals surface area contributed by atoms with E-state index in [0.29, 0.717) is 31.1 Å². The van der Waals surface area contributed by atoms with Crippen LogP contribution in [-0.2, 0) is 22.4 Å². The Morgan fingerprint density at radius 1 is 1.08 bits per heavy atom. The van der Waals surface area contributed by atoms with Crippen molar-refractivity contribution in [2.45, 2.75) is 57.8 Å². The Bertz CT molecular complexity index is 1100. The molecule has 5 rings (SSSR count). The van der Waals surface area contributed by atoms with Gasteiger partial charge in [-0.2, -0.15) is 0 Å². The maximum Gasteiger partial charge on any atom is 0.228 e. The first-order valence-electron chi connectivity index (χ1n) is 13.5. The standard InChI is InChI=1S/C31H38N2O3/c1-23-18-26-10-13-29(34)31(26,21-23)22-24-8-11-27(12-9-24)32-30(35)20-25-6-5-7-28(19-25)36-17-16-33-14-3-2-4-15-33/h5-9,11-12,19,26H,1-4,10,13-18,20-22H2,(H,32,35). The van der Waals surface area contributed by atoms with E-state index in [1.165, 1.54) is 37.9 Å². The number of piperidine rings is 1. The van der Waals surface area contributed by atoms with Crippen molar-refractivity contribution in [1.82, 2.24) is 4.90 Å². The number of rotatable bonds is 9. The largest absolute Gasteiger partial charge is 0.492 e. The third-order valence-electron chi connectivity index (χ3n) is 8.30. The molecule has 1 amide bonds. The van der Waals surface area contributed by atoms with Gasteiger partial charge >= 0.3 is 0 Å². The van der Waals surface area contributed by atoms with Crippen molar-refractivity contribution in [2.75, 3.05) is 31.6 Å². The van der Waals surface area contributed by atoms with Crippen molar-refractivity contribution in [1.29, 1.82) is 0 Å². The van der Waals surface area contributed by atoms with Crippen LogP contribution in [0.3, 0.4) is 0 Å². The molecule has 3 aliphatic rings. The monoisotopic (exact) mass is 486 g/mol. The Labute approximate surface area is 214 Å². The maximum absolute atomic E-state index is 12.8. The number of amides is 1. The zero-order chi connectivity index (χ0) is 25.0. The van der Waals surface area contributed by atoms with Gasteiger partial charge in [-0.1, -0.05) is 42.8 Å². The van der Waals surface area contributed by atoms with Crippen molar-refractivity contribution >= 4 is 17.4 Å². The molecule has 3 fully saturated rings. The van der Waals surface area contributed by atoms with Crippen LogP contribution < -0.4 is 10.1 Å². The fourth-order valence-corrected chi connectivity index (χ4v) is 6.45. The number of ether oxygens (including phenoxy) is 1. The zero-order valence-corrected chi connectivity index (χ0v) is 21.3. The summed E-state index contributed by atoms with van der Waals surface area (Å²) >= 11 is 0. The van der Waals surface area contributed by atoms with E-state index in [2.05, 4.69) is 16.8 Å². The van der Waals surface area contributed by atoms with E-state index < -0.39 is 0 Å². The first kappa shape index (κ1) is 24.8. The van der Waals surface area contributed by atoms with Crippen LogP contribution >= 0.6 is 0 Å². The number of allylic oxidation sites excluding steroid dienone is 1. The van der Waals surface area contributed by atoms with Crippen LogP contribution in [0.15, 0.2) is 60.7 Å². The minimum absolute atomic E-state index is 0.0510. The van der Waals surface area contributed by atoms with E-state index in [1.807, 2.05) is 48.5 Å². The summed E-state index contributed by atoms with van der Waals surface area (Å²) < 4.78 is 5.96. The van der Waals surface area contributed by atoms with Gasteiger partial charge in [0.15, 0.2) is 0 Å². The zero-order valence-electron chi connectivity index (χ0n) is 21.3. The minimum atomic E-state index is -0.247. The highest BCUT2D eigenvalue weighted by molar-refractivity contribution is 5.92. The molecular formula is C31H38N2O3. The molecule has 5 nitrogen and oxygen atoms in total. The quantitative estimate of drug-likeness (QED) is 0.470. The number of nitrogens with zero attached hydrogens (tertiary/aromatic N) is 1. The smallest absolute Gasteiger partial charge is 0.228 e. The van der Waals surface area contributed by atoms with Crippen LogP contribution in [0.1, 0.15) is 56.1 Å². The van der Waals surface area contributed by atoms with Gasteiger partial charge < -0.3 is 10.1 Å². The number of benzene rings is 2. The van der Waals surface area contributed by atoms with Crippen LogP contribution in [0.25, 0.3) is 0 Å². The number of ketones is 1. The van der Waals surface area contributed by atoms with Crippen molar-refractivity contribution in [2.24, 2.45) is 11.3 Å². The molecule has 1 aliphatic heterocycles. The van der Waals surface area contributed by atoms with Gasteiger partial charge in [-0.3, -0.25) is 14.5 Å². The number of nitrogens with one attached hydrogen (secondary N) is 1. The lowest BCUT2D eigenvalue weighted by Crippen LogP contribution is -2.33. The number of hydrogen-bond donors (Lipinski definition) is 1. The molecule has 5 heteroatoms. The molecule has 0 bridgehead atoms. The second-order valence-corrected chi connectivity index (χ2v) is 10.9. The third-order valence-corrected chi connectivity index (χ3v) is 8.30. The predicted molar refractivity (Wildman–Crippen MR) is 143 cm³/mol. The molecule has 2 saturated carbocycles. The minimum Gasteiger partial charge on any atom is -0.492 e. The summed E-state index contributed by atoms with van der Waals surface area (Å²) in [5, 5.41) is 3.01. The van der Waals surface area contributed by atoms with E-state index in [-0.39, 0.29) is 11.3 Å². The summed E-state index contributed by atoms with van der Waals surface area (Å²) in [4.78, 5) is 27.9. The highest BCUT2D eigenvalue weighted by atomic mass is 16.5. The summed E-state index contributed by atoms with van der Waals surface area (Å²) in [6.45, 7) is 8.12. The lowest BCUT2D eigenvalue weighted by atomic mass is 9.74. The Morgan fingerprint density at radius 2 is 1.89 bits per heavy atom. The van der Waals surface area contributed by atoms with Gasteiger partial charge in [-0.15, -0.1) is 0 Å². The molecule has 2 aliphatic carbocycles. The molecule has 2 aromatic rings. The van der Waals surface area contributed by atoms with Crippen LogP contribution in [0, 0.1) is 11.3 Å².